The van der Waals surface area contributed by atoms with Crippen LogP contribution in [0.1, 0.15) is 30.9 Å². The van der Waals surface area contributed by atoms with E-state index in [1.54, 1.807) is 4.31 Å². The third-order valence-corrected chi connectivity index (χ3v) is 6.09. The van der Waals surface area contributed by atoms with Crippen molar-refractivity contribution in [1.82, 2.24) is 9.21 Å². The van der Waals surface area contributed by atoms with Crippen molar-refractivity contribution in [2.45, 2.75) is 33.2 Å². The first-order chi connectivity index (χ1) is 10.0. The Bertz CT molecular complexity index is 549. The zero-order valence-corrected chi connectivity index (χ0v) is 13.9. The summed E-state index contributed by atoms with van der Waals surface area (Å²) in [6.07, 6.45) is 1.68. The fraction of sp³-hybridized carbons (Fsp3) is 0.625. The van der Waals surface area contributed by atoms with Crippen molar-refractivity contribution < 1.29 is 8.42 Å². The van der Waals surface area contributed by atoms with Crippen LogP contribution in [0.3, 0.4) is 0 Å². The average molecular weight is 310 g/mol. The van der Waals surface area contributed by atoms with E-state index in [-0.39, 0.29) is 0 Å². The lowest BCUT2D eigenvalue weighted by atomic mass is 10.1. The molecule has 1 fully saturated rings. The quantitative estimate of drug-likeness (QED) is 0.809. The van der Waals surface area contributed by atoms with E-state index in [0.29, 0.717) is 18.8 Å². The third-order valence-electron chi connectivity index (χ3n) is 4.14. The van der Waals surface area contributed by atoms with E-state index in [9.17, 15) is 8.42 Å². The second-order valence-corrected chi connectivity index (χ2v) is 7.86. The van der Waals surface area contributed by atoms with Crippen LogP contribution in [-0.2, 0) is 16.6 Å². The number of unbranched alkanes of at least 4 members (excludes halogenated alkanes) is 1. The van der Waals surface area contributed by atoms with Gasteiger partial charge in [0.2, 0.25) is 10.0 Å². The minimum atomic E-state index is -3.04. The second-order valence-electron chi connectivity index (χ2n) is 5.77. The predicted octanol–water partition coefficient (Wildman–Crippen LogP) is 2.24. The summed E-state index contributed by atoms with van der Waals surface area (Å²) in [4.78, 5) is 2.34. The van der Waals surface area contributed by atoms with Crippen LogP contribution >= 0.6 is 0 Å². The maximum atomic E-state index is 12.2. The van der Waals surface area contributed by atoms with Crippen molar-refractivity contribution >= 4 is 10.0 Å². The maximum Gasteiger partial charge on any atom is 0.214 e. The highest BCUT2D eigenvalue weighted by molar-refractivity contribution is 7.89. The Kier molecular flexibility index (Phi) is 5.79. The summed E-state index contributed by atoms with van der Waals surface area (Å²) in [5, 5.41) is 0. The Labute approximate surface area is 128 Å². The number of aryl methyl sites for hydroxylation is 1. The SMILES string of the molecule is CCCCS(=O)(=O)N1CCN(Cc2ccccc2C)CC1. The molecular formula is C16H26N2O2S. The van der Waals surface area contributed by atoms with Crippen LogP contribution < -0.4 is 0 Å². The summed E-state index contributed by atoms with van der Waals surface area (Å²) in [5.74, 6) is 0.293. The van der Waals surface area contributed by atoms with Gasteiger partial charge in [-0.15, -0.1) is 0 Å². The van der Waals surface area contributed by atoms with Crippen molar-refractivity contribution in [2.24, 2.45) is 0 Å². The van der Waals surface area contributed by atoms with Gasteiger partial charge in [0.15, 0.2) is 0 Å². The fourth-order valence-electron chi connectivity index (χ4n) is 2.65. The molecule has 21 heavy (non-hydrogen) atoms. The van der Waals surface area contributed by atoms with Gasteiger partial charge in [0.25, 0.3) is 0 Å². The molecule has 1 aromatic carbocycles. The Hall–Kier alpha value is -0.910. The summed E-state index contributed by atoms with van der Waals surface area (Å²) < 4.78 is 26.0. The number of piperazine rings is 1. The molecule has 0 aliphatic carbocycles. The molecule has 0 N–H and O–H groups in total. The second kappa shape index (κ2) is 7.38. The van der Waals surface area contributed by atoms with E-state index >= 15 is 0 Å². The van der Waals surface area contributed by atoms with Gasteiger partial charge in [0, 0.05) is 32.7 Å². The van der Waals surface area contributed by atoms with Gasteiger partial charge in [-0.25, -0.2) is 8.42 Å². The molecule has 1 aliphatic rings. The molecule has 0 unspecified atom stereocenters. The average Bonchev–Trinajstić information content (AvgIpc) is 2.48. The molecule has 4 nitrogen and oxygen atoms in total. The van der Waals surface area contributed by atoms with Crippen LogP contribution in [-0.4, -0.2) is 49.6 Å². The van der Waals surface area contributed by atoms with Crippen LogP contribution in [0.4, 0.5) is 0 Å². The monoisotopic (exact) mass is 310 g/mol. The zero-order valence-electron chi connectivity index (χ0n) is 13.1. The molecule has 118 valence electrons. The van der Waals surface area contributed by atoms with E-state index in [1.165, 1.54) is 11.1 Å². The summed E-state index contributed by atoms with van der Waals surface area (Å²) in [5.41, 5.74) is 2.63. The fourth-order valence-corrected chi connectivity index (χ4v) is 4.28. The van der Waals surface area contributed by atoms with E-state index in [1.807, 2.05) is 6.92 Å². The number of sulfonamides is 1. The van der Waals surface area contributed by atoms with Crippen LogP contribution in [0.25, 0.3) is 0 Å². The molecule has 1 aliphatic heterocycles. The van der Waals surface area contributed by atoms with Crippen molar-refractivity contribution in [3.8, 4) is 0 Å². The smallest absolute Gasteiger partial charge is 0.214 e. The number of rotatable bonds is 6. The lowest BCUT2D eigenvalue weighted by Crippen LogP contribution is -2.48. The van der Waals surface area contributed by atoms with Crippen molar-refractivity contribution in [2.75, 3.05) is 31.9 Å². The Balaban J connectivity index is 1.87. The van der Waals surface area contributed by atoms with Gasteiger partial charge in [-0.2, -0.15) is 4.31 Å². The van der Waals surface area contributed by atoms with Crippen LogP contribution in [0.15, 0.2) is 24.3 Å². The molecule has 0 aromatic heterocycles. The van der Waals surface area contributed by atoms with E-state index in [0.717, 1.165) is 32.5 Å². The topological polar surface area (TPSA) is 40.6 Å². The highest BCUT2D eigenvalue weighted by atomic mass is 32.2. The molecule has 5 heteroatoms. The van der Waals surface area contributed by atoms with Gasteiger partial charge in [-0.05, 0) is 24.5 Å². The molecule has 0 spiro atoms. The summed E-state index contributed by atoms with van der Waals surface area (Å²) in [7, 11) is -3.04. The highest BCUT2D eigenvalue weighted by Crippen LogP contribution is 2.14. The summed E-state index contributed by atoms with van der Waals surface area (Å²) >= 11 is 0. The van der Waals surface area contributed by atoms with Crippen LogP contribution in [0, 0.1) is 6.92 Å². The predicted molar refractivity (Wildman–Crippen MR) is 86.7 cm³/mol. The first kappa shape index (κ1) is 16.5. The number of benzene rings is 1. The number of nitrogens with zero attached hydrogens (tertiary/aromatic N) is 2. The molecule has 2 rings (SSSR count). The highest BCUT2D eigenvalue weighted by Gasteiger charge is 2.26. The third kappa shape index (κ3) is 4.53. The zero-order chi connectivity index (χ0) is 15.3. The number of hydrogen-bond acceptors (Lipinski definition) is 3. The van der Waals surface area contributed by atoms with Gasteiger partial charge < -0.3 is 0 Å². The molecule has 0 bridgehead atoms. The molecule has 1 aromatic rings. The molecular weight excluding hydrogens is 284 g/mol. The lowest BCUT2D eigenvalue weighted by molar-refractivity contribution is 0.181. The van der Waals surface area contributed by atoms with Gasteiger partial charge in [0.1, 0.15) is 0 Å². The summed E-state index contributed by atoms with van der Waals surface area (Å²) in [6, 6.07) is 8.39. The van der Waals surface area contributed by atoms with Gasteiger partial charge in [-0.3, -0.25) is 4.90 Å². The molecule has 1 saturated heterocycles. The Morgan fingerprint density at radius 2 is 1.76 bits per heavy atom. The van der Waals surface area contributed by atoms with Crippen LogP contribution in [0.5, 0.6) is 0 Å². The van der Waals surface area contributed by atoms with E-state index in [2.05, 4.69) is 36.1 Å². The van der Waals surface area contributed by atoms with Gasteiger partial charge >= 0.3 is 0 Å². The molecule has 1 heterocycles. The molecule has 0 amide bonds. The maximum absolute atomic E-state index is 12.2. The van der Waals surface area contributed by atoms with Gasteiger partial charge in [0.05, 0.1) is 5.75 Å². The normalized spacial score (nSPS) is 18.0. The van der Waals surface area contributed by atoms with Crippen molar-refractivity contribution in [3.05, 3.63) is 35.4 Å². The minimum absolute atomic E-state index is 0.293. The molecule has 0 atom stereocenters. The first-order valence-corrected chi connectivity index (χ1v) is 9.38. The standard InChI is InChI=1S/C16H26N2O2S/c1-3-4-13-21(19,20)18-11-9-17(10-12-18)14-16-8-6-5-7-15(16)2/h5-8H,3-4,9-14H2,1-2H3. The largest absolute Gasteiger partial charge is 0.296 e. The van der Waals surface area contributed by atoms with E-state index in [4.69, 9.17) is 0 Å². The Morgan fingerprint density at radius 1 is 1.10 bits per heavy atom. The van der Waals surface area contributed by atoms with Crippen molar-refractivity contribution in [3.63, 3.8) is 0 Å². The molecule has 0 radical (unpaired) electrons. The van der Waals surface area contributed by atoms with Crippen LogP contribution in [0.2, 0.25) is 0 Å². The number of hydrogen-bond donors (Lipinski definition) is 0. The molecule has 0 saturated carbocycles. The summed E-state index contributed by atoms with van der Waals surface area (Å²) in [6.45, 7) is 7.95. The van der Waals surface area contributed by atoms with Crippen molar-refractivity contribution in [1.29, 1.82) is 0 Å². The first-order valence-electron chi connectivity index (χ1n) is 7.77. The van der Waals surface area contributed by atoms with E-state index < -0.39 is 10.0 Å². The van der Waals surface area contributed by atoms with Gasteiger partial charge in [-0.1, -0.05) is 37.6 Å². The Morgan fingerprint density at radius 3 is 2.38 bits per heavy atom. The minimum Gasteiger partial charge on any atom is -0.296 e. The lowest BCUT2D eigenvalue weighted by Gasteiger charge is -2.34.